The maximum absolute atomic E-state index is 10.9. The number of amides is 1. The van der Waals surface area contributed by atoms with Crippen LogP contribution in [0.3, 0.4) is 0 Å². The molecule has 1 N–H and O–H groups in total. The van der Waals surface area contributed by atoms with Crippen LogP contribution in [0.15, 0.2) is 58.3 Å². The maximum Gasteiger partial charge on any atom is 0.407 e. The molecule has 0 aliphatic heterocycles. The van der Waals surface area contributed by atoms with Crippen LogP contribution in [0.1, 0.15) is 6.92 Å². The van der Waals surface area contributed by atoms with Crippen molar-refractivity contribution < 1.29 is 14.6 Å². The van der Waals surface area contributed by atoms with Gasteiger partial charge >= 0.3 is 6.09 Å². The second kappa shape index (κ2) is 8.70. The van der Waals surface area contributed by atoms with Crippen LogP contribution in [-0.4, -0.2) is 35.8 Å². The first-order valence-corrected chi connectivity index (χ1v) is 8.42. The molecule has 0 aliphatic rings. The van der Waals surface area contributed by atoms with E-state index in [9.17, 15) is 4.79 Å². The van der Waals surface area contributed by atoms with E-state index < -0.39 is 6.09 Å². The number of nitrogens with zero attached hydrogens (tertiary/aromatic N) is 1. The topological polar surface area (TPSA) is 49.8 Å². The van der Waals surface area contributed by atoms with Crippen molar-refractivity contribution in [1.29, 1.82) is 0 Å². The van der Waals surface area contributed by atoms with Crippen LogP contribution in [0.2, 0.25) is 5.02 Å². The van der Waals surface area contributed by atoms with E-state index in [0.717, 1.165) is 20.6 Å². The summed E-state index contributed by atoms with van der Waals surface area (Å²) in [6, 6.07) is 15.4. The highest BCUT2D eigenvalue weighted by molar-refractivity contribution is 7.99. The Labute approximate surface area is 145 Å². The summed E-state index contributed by atoms with van der Waals surface area (Å²) in [6.45, 7) is 2.95. The highest BCUT2D eigenvalue weighted by Gasteiger charge is 2.08. The van der Waals surface area contributed by atoms with Crippen molar-refractivity contribution in [2.75, 3.05) is 19.7 Å². The minimum atomic E-state index is -0.925. The number of hydrogen-bond acceptors (Lipinski definition) is 3. The third-order valence-corrected chi connectivity index (χ3v) is 4.42. The van der Waals surface area contributed by atoms with Crippen molar-refractivity contribution in [3.63, 3.8) is 0 Å². The van der Waals surface area contributed by atoms with Gasteiger partial charge in [-0.3, -0.25) is 0 Å². The zero-order chi connectivity index (χ0) is 16.7. The molecule has 2 rings (SSSR count). The number of ether oxygens (including phenoxy) is 1. The first-order chi connectivity index (χ1) is 11.1. The highest BCUT2D eigenvalue weighted by Crippen LogP contribution is 2.29. The van der Waals surface area contributed by atoms with Crippen molar-refractivity contribution in [2.24, 2.45) is 0 Å². The van der Waals surface area contributed by atoms with Crippen LogP contribution in [0.4, 0.5) is 4.79 Å². The van der Waals surface area contributed by atoms with Gasteiger partial charge in [0.15, 0.2) is 0 Å². The lowest BCUT2D eigenvalue weighted by Crippen LogP contribution is -2.33. The Hall–Kier alpha value is -1.85. The zero-order valence-corrected chi connectivity index (χ0v) is 14.3. The summed E-state index contributed by atoms with van der Waals surface area (Å²) >= 11 is 7.51. The van der Waals surface area contributed by atoms with Gasteiger partial charge in [0.25, 0.3) is 0 Å². The molecule has 0 aromatic heterocycles. The second-order valence-corrected chi connectivity index (χ2v) is 6.32. The van der Waals surface area contributed by atoms with Gasteiger partial charge in [-0.25, -0.2) is 4.79 Å². The maximum atomic E-state index is 10.9. The lowest BCUT2D eigenvalue weighted by molar-refractivity contribution is 0.138. The Bertz CT molecular complexity index is 631. The molecule has 6 heteroatoms. The normalized spacial score (nSPS) is 10.3. The van der Waals surface area contributed by atoms with E-state index >= 15 is 0 Å². The highest BCUT2D eigenvalue weighted by atomic mass is 35.5. The summed E-state index contributed by atoms with van der Waals surface area (Å²) in [4.78, 5) is 14.4. The monoisotopic (exact) mass is 351 g/mol. The summed E-state index contributed by atoms with van der Waals surface area (Å²) in [5.74, 6) is 0.729. The molecule has 1 amide bonds. The van der Waals surface area contributed by atoms with Gasteiger partial charge in [-0.15, -0.1) is 0 Å². The van der Waals surface area contributed by atoms with Crippen LogP contribution in [0, 0.1) is 0 Å². The molecular formula is C17H18ClNO3S. The fourth-order valence-electron chi connectivity index (χ4n) is 1.91. The second-order valence-electron chi connectivity index (χ2n) is 4.74. The lowest BCUT2D eigenvalue weighted by atomic mass is 10.3. The van der Waals surface area contributed by atoms with Crippen molar-refractivity contribution in [1.82, 2.24) is 4.90 Å². The van der Waals surface area contributed by atoms with Crippen LogP contribution in [0.25, 0.3) is 0 Å². The molecule has 2 aromatic carbocycles. The molecule has 0 saturated heterocycles. The number of carbonyl (C=O) groups is 1. The van der Waals surface area contributed by atoms with E-state index in [1.807, 2.05) is 48.5 Å². The molecule has 4 nitrogen and oxygen atoms in total. The van der Waals surface area contributed by atoms with E-state index in [0.29, 0.717) is 19.7 Å². The lowest BCUT2D eigenvalue weighted by Gasteiger charge is -2.17. The summed E-state index contributed by atoms with van der Waals surface area (Å²) < 4.78 is 5.58. The molecule has 2 aromatic rings. The van der Waals surface area contributed by atoms with Crippen molar-refractivity contribution in [2.45, 2.75) is 16.7 Å². The predicted molar refractivity (Wildman–Crippen MR) is 92.8 cm³/mol. The van der Waals surface area contributed by atoms with Crippen LogP contribution < -0.4 is 4.74 Å². The van der Waals surface area contributed by atoms with Gasteiger partial charge in [0.1, 0.15) is 12.4 Å². The van der Waals surface area contributed by atoms with Crippen LogP contribution in [0.5, 0.6) is 5.75 Å². The summed E-state index contributed by atoms with van der Waals surface area (Å²) in [5, 5.41) is 9.65. The minimum Gasteiger partial charge on any atom is -0.492 e. The molecule has 0 atom stereocenters. The third kappa shape index (κ3) is 5.69. The molecule has 0 saturated carbocycles. The number of halogens is 1. The largest absolute Gasteiger partial charge is 0.492 e. The number of likely N-dealkylation sites (N-methyl/N-ethyl adjacent to an activating group) is 1. The third-order valence-electron chi connectivity index (χ3n) is 3.16. The number of carboxylic acid groups (broad SMARTS) is 1. The van der Waals surface area contributed by atoms with Gasteiger partial charge in [-0.1, -0.05) is 23.4 Å². The first kappa shape index (κ1) is 17.5. The molecule has 23 heavy (non-hydrogen) atoms. The predicted octanol–water partition coefficient (Wildman–Crippen LogP) is 4.87. The van der Waals surface area contributed by atoms with Crippen LogP contribution in [-0.2, 0) is 0 Å². The smallest absolute Gasteiger partial charge is 0.407 e. The summed E-state index contributed by atoms with van der Waals surface area (Å²) in [7, 11) is 0. The minimum absolute atomic E-state index is 0.337. The van der Waals surface area contributed by atoms with Gasteiger partial charge in [0, 0.05) is 21.4 Å². The van der Waals surface area contributed by atoms with Crippen molar-refractivity contribution >= 4 is 29.5 Å². The molecule has 0 bridgehead atoms. The van der Waals surface area contributed by atoms with Crippen molar-refractivity contribution in [3.05, 3.63) is 53.6 Å². The van der Waals surface area contributed by atoms with E-state index in [1.165, 1.54) is 4.90 Å². The molecule has 0 spiro atoms. The number of benzene rings is 2. The molecule has 0 radical (unpaired) electrons. The number of hydrogen-bond donors (Lipinski definition) is 1. The van der Waals surface area contributed by atoms with E-state index in [4.69, 9.17) is 21.4 Å². The molecule has 0 heterocycles. The molecule has 0 aliphatic carbocycles. The van der Waals surface area contributed by atoms with Crippen LogP contribution >= 0.6 is 23.4 Å². The molecule has 0 unspecified atom stereocenters. The fraction of sp³-hybridized carbons (Fsp3) is 0.235. The van der Waals surface area contributed by atoms with E-state index in [2.05, 4.69) is 0 Å². The fourth-order valence-corrected chi connectivity index (χ4v) is 2.85. The van der Waals surface area contributed by atoms with E-state index in [-0.39, 0.29) is 0 Å². The Kier molecular flexibility index (Phi) is 6.62. The number of rotatable bonds is 7. The summed E-state index contributed by atoms with van der Waals surface area (Å²) in [5.41, 5.74) is 0. The Morgan fingerprint density at radius 2 is 1.70 bits per heavy atom. The molecular weight excluding hydrogens is 334 g/mol. The SMILES string of the molecule is CCN(CCOc1ccc(Sc2ccc(Cl)cc2)cc1)C(=O)O. The summed E-state index contributed by atoms with van der Waals surface area (Å²) in [6.07, 6.45) is -0.925. The average molecular weight is 352 g/mol. The Balaban J connectivity index is 1.84. The van der Waals surface area contributed by atoms with Crippen molar-refractivity contribution in [3.8, 4) is 5.75 Å². The van der Waals surface area contributed by atoms with E-state index in [1.54, 1.807) is 18.7 Å². The van der Waals surface area contributed by atoms with Gasteiger partial charge in [-0.2, -0.15) is 0 Å². The quantitative estimate of drug-likeness (QED) is 0.773. The molecule has 0 fully saturated rings. The standard InChI is InChI=1S/C17H18ClNO3S/c1-2-19(17(20)21)11-12-22-14-5-9-16(10-6-14)23-15-7-3-13(18)4-8-15/h3-10H,2,11-12H2,1H3,(H,20,21). The van der Waals surface area contributed by atoms with Gasteiger partial charge in [0.2, 0.25) is 0 Å². The average Bonchev–Trinajstić information content (AvgIpc) is 2.55. The Morgan fingerprint density at radius 3 is 2.22 bits per heavy atom. The van der Waals surface area contributed by atoms with Gasteiger partial charge in [0.05, 0.1) is 6.54 Å². The molecule has 122 valence electrons. The first-order valence-electron chi connectivity index (χ1n) is 7.22. The van der Waals surface area contributed by atoms with Gasteiger partial charge < -0.3 is 14.7 Å². The Morgan fingerprint density at radius 1 is 1.13 bits per heavy atom. The van der Waals surface area contributed by atoms with Gasteiger partial charge in [-0.05, 0) is 55.5 Å². The zero-order valence-electron chi connectivity index (χ0n) is 12.7.